The van der Waals surface area contributed by atoms with E-state index in [0.29, 0.717) is 0 Å². The largest absolute Gasteiger partial charge is 4.00 e. The Labute approximate surface area is 158 Å². The maximum atomic E-state index is 9.10. The number of unbranched alkanes of at least 4 members (excludes halogenated alkanes) is 1. The van der Waals surface area contributed by atoms with Crippen LogP contribution in [-0.4, -0.2) is 43.2 Å². The van der Waals surface area contributed by atoms with Gasteiger partial charge >= 0.3 is 33.0 Å². The summed E-state index contributed by atoms with van der Waals surface area (Å²) in [6.07, 6.45) is 8.57. The molecule has 9 nitrogen and oxygen atoms in total. The number of rotatable bonds is 5. The van der Waals surface area contributed by atoms with E-state index in [0.717, 1.165) is 12.3 Å². The Morgan fingerprint density at radius 1 is 1.35 bits per heavy atom. The summed E-state index contributed by atoms with van der Waals surface area (Å²) in [7, 11) is 0. The first kappa shape index (κ1) is 29.8. The SMILES string of the molecule is CCCCn1ccnc1CSC.O=C(O)C(=O)O.O=NO.[Cl-].[Pt+4]. The first-order valence-corrected chi connectivity index (χ1v) is 7.25. The van der Waals surface area contributed by atoms with Crippen molar-refractivity contribution in [1.29, 1.82) is 0 Å². The number of thioether (sulfide) groups is 1. The number of carboxylic acid groups (broad SMARTS) is 2. The van der Waals surface area contributed by atoms with Crippen molar-refractivity contribution in [2.24, 2.45) is 5.34 Å². The Kier molecular flexibility index (Phi) is 27.1. The Morgan fingerprint density at radius 2 is 1.83 bits per heavy atom. The minimum absolute atomic E-state index is 0. The van der Waals surface area contributed by atoms with Crippen LogP contribution < -0.4 is 12.4 Å². The minimum Gasteiger partial charge on any atom is -1.00 e. The third kappa shape index (κ3) is 18.8. The van der Waals surface area contributed by atoms with Gasteiger partial charge in [-0.15, -0.1) is 4.91 Å². The summed E-state index contributed by atoms with van der Waals surface area (Å²) < 4.78 is 2.25. The first-order chi connectivity index (χ1) is 9.94. The number of aromatic nitrogens is 2. The van der Waals surface area contributed by atoms with Crippen molar-refractivity contribution < 1.29 is 58.5 Å². The van der Waals surface area contributed by atoms with Crippen LogP contribution in [0.4, 0.5) is 0 Å². The van der Waals surface area contributed by atoms with Crippen LogP contribution in [0.2, 0.25) is 0 Å². The predicted octanol–water partition coefficient (Wildman–Crippen LogP) is -1.15. The normalized spacial score (nSPS) is 7.91. The minimum atomic E-state index is -1.82. The number of halogens is 1. The molecule has 12 heteroatoms. The Hall–Kier alpha value is -1.12. The van der Waals surface area contributed by atoms with Gasteiger partial charge in [0.15, 0.2) is 5.34 Å². The molecule has 0 aliphatic carbocycles. The van der Waals surface area contributed by atoms with Crippen molar-refractivity contribution in [3.63, 3.8) is 0 Å². The molecule has 0 fully saturated rings. The van der Waals surface area contributed by atoms with Crippen LogP contribution in [-0.2, 0) is 43.0 Å². The van der Waals surface area contributed by atoms with E-state index in [-0.39, 0.29) is 33.5 Å². The van der Waals surface area contributed by atoms with Gasteiger partial charge in [-0.05, 0) is 12.7 Å². The number of aliphatic carboxylic acids is 2. The number of nitrogens with zero attached hydrogens (tertiary/aromatic N) is 3. The van der Waals surface area contributed by atoms with E-state index in [1.165, 1.54) is 24.0 Å². The van der Waals surface area contributed by atoms with Crippen LogP contribution >= 0.6 is 11.8 Å². The maximum Gasteiger partial charge on any atom is 4.00 e. The fraction of sp³-hybridized carbons (Fsp3) is 0.545. The molecule has 0 aromatic carbocycles. The molecule has 0 aliphatic heterocycles. The molecule has 1 aromatic rings. The van der Waals surface area contributed by atoms with Gasteiger partial charge in [-0.25, -0.2) is 14.6 Å². The smallest absolute Gasteiger partial charge is 1.00 e. The second-order valence-corrected chi connectivity index (χ2v) is 4.38. The molecule has 0 saturated heterocycles. The van der Waals surface area contributed by atoms with E-state index < -0.39 is 11.9 Å². The number of carbonyl (C=O) groups is 2. The van der Waals surface area contributed by atoms with Gasteiger partial charge in [0.2, 0.25) is 0 Å². The van der Waals surface area contributed by atoms with E-state index in [9.17, 15) is 0 Å². The van der Waals surface area contributed by atoms with Crippen LogP contribution in [0, 0.1) is 4.91 Å². The number of hydrogen-bond acceptors (Lipinski definition) is 6. The maximum absolute atomic E-state index is 9.10. The average molecular weight is 552 g/mol. The number of carboxylic acids is 2. The molecule has 0 atom stereocenters. The van der Waals surface area contributed by atoms with Gasteiger partial charge in [-0.1, -0.05) is 13.3 Å². The van der Waals surface area contributed by atoms with E-state index >= 15 is 0 Å². The van der Waals surface area contributed by atoms with Crippen molar-refractivity contribution in [2.75, 3.05) is 6.26 Å². The van der Waals surface area contributed by atoms with Gasteiger partial charge in [-0.2, -0.15) is 11.8 Å². The zero-order valence-corrected chi connectivity index (χ0v) is 16.3. The number of hydrogen-bond donors (Lipinski definition) is 3. The molecule has 0 aliphatic rings. The molecular formula is C11H19ClN3O6PtS+3. The molecule has 1 rings (SSSR count). The molecule has 23 heavy (non-hydrogen) atoms. The van der Waals surface area contributed by atoms with Gasteiger partial charge in [0.25, 0.3) is 0 Å². The van der Waals surface area contributed by atoms with Crippen LogP contribution in [0.3, 0.4) is 0 Å². The Balaban J connectivity index is -0.000000141. The monoisotopic (exact) mass is 551 g/mol. The van der Waals surface area contributed by atoms with Crippen molar-refractivity contribution >= 4 is 23.7 Å². The van der Waals surface area contributed by atoms with Crippen LogP contribution in [0.15, 0.2) is 17.7 Å². The first-order valence-electron chi connectivity index (χ1n) is 5.86. The van der Waals surface area contributed by atoms with E-state index in [2.05, 4.69) is 28.9 Å². The topological polar surface area (TPSA) is 142 Å². The number of aryl methyl sites for hydroxylation is 1. The van der Waals surface area contributed by atoms with Crippen molar-refractivity contribution in [3.05, 3.63) is 23.1 Å². The van der Waals surface area contributed by atoms with Crippen molar-refractivity contribution in [1.82, 2.24) is 9.55 Å². The van der Waals surface area contributed by atoms with Gasteiger partial charge in [0.05, 0.1) is 5.75 Å². The summed E-state index contributed by atoms with van der Waals surface area (Å²) in [6.45, 7) is 3.33. The summed E-state index contributed by atoms with van der Waals surface area (Å²) in [5, 5.41) is 22.7. The predicted molar refractivity (Wildman–Crippen MR) is 77.2 cm³/mol. The van der Waals surface area contributed by atoms with Crippen LogP contribution in [0.25, 0.3) is 0 Å². The molecule has 1 heterocycles. The summed E-state index contributed by atoms with van der Waals surface area (Å²) in [5.74, 6) is -1.42. The molecular weight excluding hydrogens is 533 g/mol. The van der Waals surface area contributed by atoms with E-state index in [1.54, 1.807) is 0 Å². The third-order valence-corrected chi connectivity index (χ3v) is 2.56. The van der Waals surface area contributed by atoms with Crippen LogP contribution in [0.1, 0.15) is 25.6 Å². The van der Waals surface area contributed by atoms with E-state index in [1.807, 2.05) is 18.0 Å². The molecule has 0 saturated carbocycles. The van der Waals surface area contributed by atoms with Gasteiger partial charge < -0.3 is 32.4 Å². The molecule has 0 spiro atoms. The summed E-state index contributed by atoms with van der Waals surface area (Å²) in [4.78, 5) is 30.6. The van der Waals surface area contributed by atoms with Crippen LogP contribution in [0.5, 0.6) is 0 Å². The molecule has 3 N–H and O–H groups in total. The molecule has 0 radical (unpaired) electrons. The van der Waals surface area contributed by atoms with Gasteiger partial charge in [0, 0.05) is 18.9 Å². The molecule has 0 unspecified atom stereocenters. The summed E-state index contributed by atoms with van der Waals surface area (Å²) in [6, 6.07) is 0. The zero-order chi connectivity index (χ0) is 16.7. The van der Waals surface area contributed by atoms with Gasteiger partial charge in [0.1, 0.15) is 5.82 Å². The third-order valence-electron chi connectivity index (χ3n) is 2.01. The Morgan fingerprint density at radius 3 is 2.17 bits per heavy atom. The second-order valence-electron chi connectivity index (χ2n) is 3.52. The molecule has 1 aromatic heterocycles. The van der Waals surface area contributed by atoms with Crippen molar-refractivity contribution in [2.45, 2.75) is 32.1 Å². The summed E-state index contributed by atoms with van der Waals surface area (Å²) in [5.41, 5.74) is 0. The van der Waals surface area contributed by atoms with Crippen molar-refractivity contribution in [3.8, 4) is 0 Å². The second kappa shape index (κ2) is 20.9. The molecule has 0 bridgehead atoms. The fourth-order valence-corrected chi connectivity index (χ4v) is 1.64. The standard InChI is InChI=1S/C9H16N2S.C2H2O4.ClH.HNO2.Pt/c1-3-4-6-11-7-5-10-9(11)8-12-2;3-1(4)2(5)6;;2-1-3;/h5,7H,3-4,6,8H2,1-2H3;(H,3,4)(H,5,6);1H;(H,2,3);/q;;;;+4/p-1. The zero-order valence-electron chi connectivity index (χ0n) is 12.5. The molecule has 0 amide bonds. The van der Waals surface area contributed by atoms with Gasteiger partial charge in [-0.3, -0.25) is 0 Å². The average Bonchev–Trinajstić information content (AvgIpc) is 2.86. The number of imidazole rings is 1. The Bertz CT molecular complexity index is 424. The quantitative estimate of drug-likeness (QED) is 0.236. The summed E-state index contributed by atoms with van der Waals surface area (Å²) >= 11 is 1.82. The van der Waals surface area contributed by atoms with E-state index in [4.69, 9.17) is 29.9 Å². The molecule has 134 valence electrons. The fourth-order valence-electron chi connectivity index (χ4n) is 1.14.